The second-order valence-corrected chi connectivity index (χ2v) is 6.04. The topological polar surface area (TPSA) is 80.3 Å². The molecule has 0 spiro atoms. The number of para-hydroxylation sites is 1. The van der Waals surface area contributed by atoms with Crippen molar-refractivity contribution in [1.29, 1.82) is 0 Å². The van der Waals surface area contributed by atoms with Gasteiger partial charge in [0.1, 0.15) is 6.10 Å². The molecule has 0 amide bonds. The zero-order valence-electron chi connectivity index (χ0n) is 15.5. The van der Waals surface area contributed by atoms with Crippen molar-refractivity contribution in [2.45, 2.75) is 33.0 Å². The molecule has 0 aliphatic carbocycles. The Labute approximate surface area is 156 Å². The largest absolute Gasteiger partial charge is 0.493 e. The smallest absolute Gasteiger partial charge is 0.308 e. The SMILES string of the molecule is COc1cc([C@H]2Oc3cccc(OC(C)=O)c3O[C@@H]2C)ccc1OC(C)=O. The summed E-state index contributed by atoms with van der Waals surface area (Å²) in [6.45, 7) is 4.50. The molecule has 27 heavy (non-hydrogen) atoms. The zero-order chi connectivity index (χ0) is 19.6. The molecular weight excluding hydrogens is 352 g/mol. The normalized spacial score (nSPS) is 17.8. The molecule has 0 bridgehead atoms. The Bertz CT molecular complexity index is 875. The van der Waals surface area contributed by atoms with Gasteiger partial charge >= 0.3 is 11.9 Å². The van der Waals surface area contributed by atoms with E-state index in [4.69, 9.17) is 23.7 Å². The molecule has 0 fully saturated rings. The van der Waals surface area contributed by atoms with Gasteiger partial charge < -0.3 is 23.7 Å². The van der Waals surface area contributed by atoms with Crippen LogP contribution in [0.2, 0.25) is 0 Å². The molecule has 2 atom stereocenters. The minimum Gasteiger partial charge on any atom is -0.493 e. The number of hydrogen-bond donors (Lipinski definition) is 0. The summed E-state index contributed by atoms with van der Waals surface area (Å²) < 4.78 is 27.7. The summed E-state index contributed by atoms with van der Waals surface area (Å²) in [6.07, 6.45) is -0.788. The molecule has 1 heterocycles. The van der Waals surface area contributed by atoms with Gasteiger partial charge in [-0.25, -0.2) is 0 Å². The Hall–Kier alpha value is -3.22. The zero-order valence-corrected chi connectivity index (χ0v) is 15.5. The fourth-order valence-electron chi connectivity index (χ4n) is 2.86. The first kappa shape index (κ1) is 18.6. The van der Waals surface area contributed by atoms with Crippen LogP contribution in [0, 0.1) is 0 Å². The van der Waals surface area contributed by atoms with Crippen LogP contribution in [0.3, 0.4) is 0 Å². The van der Waals surface area contributed by atoms with E-state index in [1.807, 2.05) is 6.92 Å². The molecule has 7 heteroatoms. The molecule has 142 valence electrons. The lowest BCUT2D eigenvalue weighted by Crippen LogP contribution is -2.31. The van der Waals surface area contributed by atoms with Gasteiger partial charge in [0.05, 0.1) is 7.11 Å². The summed E-state index contributed by atoms with van der Waals surface area (Å²) >= 11 is 0. The van der Waals surface area contributed by atoms with Crippen LogP contribution in [0.4, 0.5) is 0 Å². The molecule has 3 rings (SSSR count). The fraction of sp³-hybridized carbons (Fsp3) is 0.300. The van der Waals surface area contributed by atoms with E-state index in [2.05, 4.69) is 0 Å². The van der Waals surface area contributed by atoms with Gasteiger partial charge in [-0.15, -0.1) is 0 Å². The fourth-order valence-corrected chi connectivity index (χ4v) is 2.86. The van der Waals surface area contributed by atoms with Crippen molar-refractivity contribution >= 4 is 11.9 Å². The van der Waals surface area contributed by atoms with Crippen molar-refractivity contribution in [1.82, 2.24) is 0 Å². The molecule has 1 aliphatic heterocycles. The maximum Gasteiger partial charge on any atom is 0.308 e. The second kappa shape index (κ2) is 7.57. The molecule has 2 aromatic carbocycles. The van der Waals surface area contributed by atoms with E-state index in [1.54, 1.807) is 36.4 Å². The Morgan fingerprint density at radius 2 is 1.63 bits per heavy atom. The molecule has 0 saturated carbocycles. The quantitative estimate of drug-likeness (QED) is 0.601. The van der Waals surface area contributed by atoms with Crippen LogP contribution in [0.5, 0.6) is 28.7 Å². The highest BCUT2D eigenvalue weighted by Gasteiger charge is 2.32. The first-order valence-electron chi connectivity index (χ1n) is 8.40. The molecule has 1 aliphatic rings. The molecule has 0 radical (unpaired) electrons. The summed E-state index contributed by atoms with van der Waals surface area (Å²) in [5.74, 6) is 1.05. The molecule has 0 N–H and O–H groups in total. The van der Waals surface area contributed by atoms with Gasteiger partial charge in [-0.1, -0.05) is 12.1 Å². The molecule has 0 unspecified atom stereocenters. The van der Waals surface area contributed by atoms with E-state index >= 15 is 0 Å². The third-order valence-electron chi connectivity index (χ3n) is 3.95. The number of fused-ring (bicyclic) bond motifs is 1. The third kappa shape index (κ3) is 3.97. The number of benzene rings is 2. The van der Waals surface area contributed by atoms with Crippen molar-refractivity contribution in [2.75, 3.05) is 7.11 Å². The van der Waals surface area contributed by atoms with E-state index in [0.717, 1.165) is 5.56 Å². The number of rotatable bonds is 4. The Morgan fingerprint density at radius 3 is 2.30 bits per heavy atom. The van der Waals surface area contributed by atoms with Gasteiger partial charge in [0, 0.05) is 19.4 Å². The van der Waals surface area contributed by atoms with Crippen LogP contribution in [-0.4, -0.2) is 25.2 Å². The van der Waals surface area contributed by atoms with E-state index in [1.165, 1.54) is 21.0 Å². The summed E-state index contributed by atoms with van der Waals surface area (Å²) in [5.41, 5.74) is 0.791. The summed E-state index contributed by atoms with van der Waals surface area (Å²) in [7, 11) is 1.49. The summed E-state index contributed by atoms with van der Waals surface area (Å²) in [4.78, 5) is 22.5. The molecular formula is C20H20O7. The van der Waals surface area contributed by atoms with Gasteiger partial charge in [0.25, 0.3) is 0 Å². The minimum atomic E-state index is -0.437. The third-order valence-corrected chi connectivity index (χ3v) is 3.95. The maximum absolute atomic E-state index is 11.3. The van der Waals surface area contributed by atoms with Crippen LogP contribution in [0.15, 0.2) is 36.4 Å². The Kier molecular flexibility index (Phi) is 5.21. The first-order valence-corrected chi connectivity index (χ1v) is 8.40. The Balaban J connectivity index is 1.91. The van der Waals surface area contributed by atoms with Crippen molar-refractivity contribution in [2.24, 2.45) is 0 Å². The predicted molar refractivity (Wildman–Crippen MR) is 95.5 cm³/mol. The molecule has 7 nitrogen and oxygen atoms in total. The van der Waals surface area contributed by atoms with Crippen molar-refractivity contribution < 1.29 is 33.3 Å². The number of carbonyl (C=O) groups is 2. The van der Waals surface area contributed by atoms with Gasteiger partial charge in [0.15, 0.2) is 29.1 Å². The number of ether oxygens (including phenoxy) is 5. The van der Waals surface area contributed by atoms with E-state index < -0.39 is 18.0 Å². The average molecular weight is 372 g/mol. The highest BCUT2D eigenvalue weighted by molar-refractivity contribution is 5.71. The molecule has 2 aromatic rings. The summed E-state index contributed by atoms with van der Waals surface area (Å²) in [6, 6.07) is 10.3. The van der Waals surface area contributed by atoms with Crippen LogP contribution >= 0.6 is 0 Å². The first-order chi connectivity index (χ1) is 12.9. The van der Waals surface area contributed by atoms with E-state index in [-0.39, 0.29) is 6.10 Å². The summed E-state index contributed by atoms with van der Waals surface area (Å²) in [5, 5.41) is 0. The molecule has 0 saturated heterocycles. The van der Waals surface area contributed by atoms with Gasteiger partial charge in [-0.2, -0.15) is 0 Å². The number of carbonyl (C=O) groups excluding carboxylic acids is 2. The van der Waals surface area contributed by atoms with E-state index in [9.17, 15) is 9.59 Å². The highest BCUT2D eigenvalue weighted by atomic mass is 16.6. The van der Waals surface area contributed by atoms with Gasteiger partial charge in [-0.3, -0.25) is 9.59 Å². The second-order valence-electron chi connectivity index (χ2n) is 6.04. The monoisotopic (exact) mass is 372 g/mol. The number of hydrogen-bond acceptors (Lipinski definition) is 7. The van der Waals surface area contributed by atoms with Crippen LogP contribution < -0.4 is 23.7 Å². The minimum absolute atomic E-state index is 0.313. The van der Waals surface area contributed by atoms with Crippen molar-refractivity contribution in [3.63, 3.8) is 0 Å². The lowest BCUT2D eigenvalue weighted by molar-refractivity contribution is -0.133. The Morgan fingerprint density at radius 1 is 0.926 bits per heavy atom. The lowest BCUT2D eigenvalue weighted by atomic mass is 10.0. The van der Waals surface area contributed by atoms with E-state index in [0.29, 0.717) is 28.7 Å². The van der Waals surface area contributed by atoms with Gasteiger partial charge in [0.2, 0.25) is 5.75 Å². The van der Waals surface area contributed by atoms with Crippen molar-refractivity contribution in [3.05, 3.63) is 42.0 Å². The van der Waals surface area contributed by atoms with Crippen molar-refractivity contribution in [3.8, 4) is 28.7 Å². The molecule has 0 aromatic heterocycles. The van der Waals surface area contributed by atoms with Crippen LogP contribution in [-0.2, 0) is 9.59 Å². The standard InChI is InChI=1S/C20H20O7/c1-11-19(14-8-9-15(25-12(2)21)18(10-14)23-4)27-17-7-5-6-16(20(17)24-11)26-13(3)22/h5-11,19H,1-4H3/t11-,19+/m1/s1. The van der Waals surface area contributed by atoms with Crippen LogP contribution in [0.1, 0.15) is 32.4 Å². The predicted octanol–water partition coefficient (Wildman–Crippen LogP) is 3.45. The maximum atomic E-state index is 11.3. The average Bonchev–Trinajstić information content (AvgIpc) is 2.61. The van der Waals surface area contributed by atoms with Gasteiger partial charge in [-0.05, 0) is 31.2 Å². The number of esters is 2. The number of methoxy groups -OCH3 is 1. The lowest BCUT2D eigenvalue weighted by Gasteiger charge is -2.33. The van der Waals surface area contributed by atoms with Crippen LogP contribution in [0.25, 0.3) is 0 Å². The highest BCUT2D eigenvalue weighted by Crippen LogP contribution is 2.46.